The molecule has 8 heteroatoms. The van der Waals surface area contributed by atoms with Gasteiger partial charge < -0.3 is 0 Å². The van der Waals surface area contributed by atoms with E-state index in [-0.39, 0.29) is 5.92 Å². The molecule has 1 aliphatic rings. The van der Waals surface area contributed by atoms with Crippen LogP contribution in [0.3, 0.4) is 0 Å². The second-order valence-electron chi connectivity index (χ2n) is 5.27. The minimum absolute atomic E-state index is 0.215. The molecule has 0 spiro atoms. The van der Waals surface area contributed by atoms with Gasteiger partial charge in [0.25, 0.3) is 0 Å². The van der Waals surface area contributed by atoms with Crippen molar-refractivity contribution in [1.82, 2.24) is 24.6 Å². The maximum Gasteiger partial charge on any atom is 0.242 e. The lowest BCUT2D eigenvalue weighted by molar-refractivity contribution is 0.120. The molecule has 0 amide bonds. The zero-order valence-electron chi connectivity index (χ0n) is 11.2. The van der Waals surface area contributed by atoms with Crippen molar-refractivity contribution in [3.8, 4) is 11.3 Å². The number of nitrogens with zero attached hydrogens (tertiary/aromatic N) is 5. The first-order valence-electron chi connectivity index (χ1n) is 6.73. The van der Waals surface area contributed by atoms with E-state index in [0.717, 1.165) is 5.56 Å². The SMILES string of the molecule is FC(F)[C@H]1C[C@@H]1c1cc(-c2cncnc2)nn2c(Cl)cnc12. The van der Waals surface area contributed by atoms with E-state index in [1.165, 1.54) is 17.0 Å². The molecule has 1 fully saturated rings. The zero-order chi connectivity index (χ0) is 15.3. The van der Waals surface area contributed by atoms with Crippen LogP contribution in [0.4, 0.5) is 8.78 Å². The first-order chi connectivity index (χ1) is 10.6. The van der Waals surface area contributed by atoms with Crippen LogP contribution in [0.15, 0.2) is 31.0 Å². The second kappa shape index (κ2) is 4.95. The molecule has 2 atom stereocenters. The monoisotopic (exact) mass is 321 g/mol. The molecule has 0 aromatic carbocycles. The van der Waals surface area contributed by atoms with Crippen LogP contribution < -0.4 is 0 Å². The summed E-state index contributed by atoms with van der Waals surface area (Å²) in [5, 5.41) is 4.74. The molecule has 0 radical (unpaired) electrons. The Balaban J connectivity index is 1.88. The van der Waals surface area contributed by atoms with Crippen molar-refractivity contribution in [2.45, 2.75) is 18.8 Å². The Labute approximate surface area is 129 Å². The van der Waals surface area contributed by atoms with E-state index >= 15 is 0 Å². The summed E-state index contributed by atoms with van der Waals surface area (Å²) in [5.74, 6) is -0.839. The summed E-state index contributed by atoms with van der Waals surface area (Å²) in [6.45, 7) is 0. The number of alkyl halides is 2. The Morgan fingerprint density at radius 1 is 1.23 bits per heavy atom. The highest BCUT2D eigenvalue weighted by Gasteiger charge is 2.46. The molecule has 1 saturated carbocycles. The van der Waals surface area contributed by atoms with Crippen molar-refractivity contribution in [3.63, 3.8) is 0 Å². The van der Waals surface area contributed by atoms with Crippen LogP contribution in [0, 0.1) is 5.92 Å². The Hall–Kier alpha value is -2.15. The molecule has 4 rings (SSSR count). The molecule has 112 valence electrons. The topological polar surface area (TPSA) is 56.0 Å². The van der Waals surface area contributed by atoms with Gasteiger partial charge in [-0.05, 0) is 18.4 Å². The Morgan fingerprint density at radius 2 is 2.00 bits per heavy atom. The zero-order valence-corrected chi connectivity index (χ0v) is 12.0. The van der Waals surface area contributed by atoms with Crippen LogP contribution in [0.5, 0.6) is 0 Å². The molecule has 3 aromatic rings. The third-order valence-corrected chi connectivity index (χ3v) is 4.13. The smallest absolute Gasteiger partial charge is 0.242 e. The van der Waals surface area contributed by atoms with Gasteiger partial charge in [-0.15, -0.1) is 0 Å². The predicted octanol–water partition coefficient (Wildman–Crippen LogP) is 3.21. The maximum atomic E-state index is 12.9. The van der Waals surface area contributed by atoms with Gasteiger partial charge in [0.1, 0.15) is 6.33 Å². The lowest BCUT2D eigenvalue weighted by Gasteiger charge is -2.07. The van der Waals surface area contributed by atoms with Crippen molar-refractivity contribution in [2.75, 3.05) is 0 Å². The second-order valence-corrected chi connectivity index (χ2v) is 5.66. The van der Waals surface area contributed by atoms with Crippen LogP contribution in [0.1, 0.15) is 17.9 Å². The van der Waals surface area contributed by atoms with E-state index < -0.39 is 12.3 Å². The Morgan fingerprint density at radius 3 is 2.68 bits per heavy atom. The van der Waals surface area contributed by atoms with Gasteiger partial charge in [0, 0.05) is 29.4 Å². The average Bonchev–Trinajstić information content (AvgIpc) is 3.26. The number of hydrogen-bond acceptors (Lipinski definition) is 4. The van der Waals surface area contributed by atoms with Crippen LogP contribution in [-0.2, 0) is 0 Å². The molecule has 0 bridgehead atoms. The van der Waals surface area contributed by atoms with Gasteiger partial charge in [-0.25, -0.2) is 28.2 Å². The molecule has 0 N–H and O–H groups in total. The summed E-state index contributed by atoms with van der Waals surface area (Å²) < 4.78 is 27.3. The van der Waals surface area contributed by atoms with Gasteiger partial charge in [0.05, 0.1) is 11.9 Å². The average molecular weight is 322 g/mol. The van der Waals surface area contributed by atoms with E-state index in [0.29, 0.717) is 28.5 Å². The van der Waals surface area contributed by atoms with Crippen molar-refractivity contribution < 1.29 is 8.78 Å². The fourth-order valence-electron chi connectivity index (χ4n) is 2.66. The summed E-state index contributed by atoms with van der Waals surface area (Å²) >= 11 is 6.09. The van der Waals surface area contributed by atoms with Gasteiger partial charge in [0.15, 0.2) is 10.8 Å². The van der Waals surface area contributed by atoms with Crippen molar-refractivity contribution in [1.29, 1.82) is 0 Å². The quantitative estimate of drug-likeness (QED) is 0.743. The highest BCUT2D eigenvalue weighted by Crippen LogP contribution is 2.52. The van der Waals surface area contributed by atoms with Gasteiger partial charge in [0.2, 0.25) is 6.43 Å². The summed E-state index contributed by atoms with van der Waals surface area (Å²) in [6, 6.07) is 1.78. The summed E-state index contributed by atoms with van der Waals surface area (Å²) in [4.78, 5) is 12.1. The molecule has 3 aromatic heterocycles. The highest BCUT2D eigenvalue weighted by molar-refractivity contribution is 6.29. The number of fused-ring (bicyclic) bond motifs is 1. The molecule has 0 unspecified atom stereocenters. The molecule has 22 heavy (non-hydrogen) atoms. The molecule has 0 saturated heterocycles. The summed E-state index contributed by atoms with van der Waals surface area (Å²) in [7, 11) is 0. The fraction of sp³-hybridized carbons (Fsp3) is 0.286. The molecule has 3 heterocycles. The fourth-order valence-corrected chi connectivity index (χ4v) is 2.83. The predicted molar refractivity (Wildman–Crippen MR) is 75.9 cm³/mol. The molecule has 1 aliphatic carbocycles. The van der Waals surface area contributed by atoms with E-state index in [1.807, 2.05) is 0 Å². The minimum atomic E-state index is -2.33. The number of rotatable bonds is 3. The molecule has 5 nitrogen and oxygen atoms in total. The largest absolute Gasteiger partial charge is 0.244 e. The lowest BCUT2D eigenvalue weighted by Crippen LogP contribution is -2.02. The highest BCUT2D eigenvalue weighted by atomic mass is 35.5. The van der Waals surface area contributed by atoms with E-state index in [4.69, 9.17) is 11.6 Å². The van der Waals surface area contributed by atoms with Crippen molar-refractivity contribution in [3.05, 3.63) is 41.7 Å². The van der Waals surface area contributed by atoms with Crippen molar-refractivity contribution >= 4 is 17.2 Å². The van der Waals surface area contributed by atoms with Gasteiger partial charge >= 0.3 is 0 Å². The van der Waals surface area contributed by atoms with Crippen LogP contribution in [0.25, 0.3) is 16.9 Å². The Bertz CT molecular complexity index is 836. The van der Waals surface area contributed by atoms with Crippen molar-refractivity contribution in [2.24, 2.45) is 5.92 Å². The summed E-state index contributed by atoms with van der Waals surface area (Å²) in [5.41, 5.74) is 2.55. The first kappa shape index (κ1) is 13.5. The van der Waals surface area contributed by atoms with Gasteiger partial charge in [-0.3, -0.25) is 0 Å². The van der Waals surface area contributed by atoms with Gasteiger partial charge in [-0.2, -0.15) is 5.10 Å². The number of hydrogen-bond donors (Lipinski definition) is 0. The lowest BCUT2D eigenvalue weighted by atomic mass is 10.1. The molecular weight excluding hydrogens is 312 g/mol. The standard InChI is InChI=1S/C14H10ClF2N5/c15-12-5-20-14-10(8-1-9(8)13(16)17)2-11(21-22(12)14)7-3-18-6-19-4-7/h2-6,8-9,13H,1H2/t8-,9-/m0/s1. The number of halogens is 3. The third-order valence-electron chi connectivity index (χ3n) is 3.87. The maximum absolute atomic E-state index is 12.9. The van der Waals surface area contributed by atoms with E-state index in [9.17, 15) is 8.78 Å². The van der Waals surface area contributed by atoms with Crippen LogP contribution in [0.2, 0.25) is 5.15 Å². The van der Waals surface area contributed by atoms with Crippen LogP contribution in [-0.4, -0.2) is 31.0 Å². The van der Waals surface area contributed by atoms with E-state index in [2.05, 4.69) is 20.1 Å². The number of imidazole rings is 1. The normalized spacial score (nSPS) is 20.7. The molecule has 0 aliphatic heterocycles. The van der Waals surface area contributed by atoms with E-state index in [1.54, 1.807) is 18.5 Å². The van der Waals surface area contributed by atoms with Gasteiger partial charge in [-0.1, -0.05) is 11.6 Å². The minimum Gasteiger partial charge on any atom is -0.244 e. The van der Waals surface area contributed by atoms with Crippen LogP contribution >= 0.6 is 11.6 Å². The first-order valence-corrected chi connectivity index (χ1v) is 7.10. The number of aromatic nitrogens is 5. The Kier molecular flexibility index (Phi) is 3.04. The molecular formula is C14H10ClF2N5. The third kappa shape index (κ3) is 2.12. The summed E-state index contributed by atoms with van der Waals surface area (Å²) in [6.07, 6.45) is 4.25.